The molecule has 0 spiro atoms. The highest BCUT2D eigenvalue weighted by Gasteiger charge is 2.34. The first-order valence-corrected chi connectivity index (χ1v) is 10.8. The maximum atomic E-state index is 13.2. The van der Waals surface area contributed by atoms with Crippen LogP contribution in [0.1, 0.15) is 53.9 Å². The monoisotopic (exact) mass is 506 g/mol. The number of anilines is 1. The lowest BCUT2D eigenvalue weighted by molar-refractivity contribution is -0.140. The first-order valence-electron chi connectivity index (χ1n) is 10.8. The molecular weight excluding hydrogens is 485 g/mol. The van der Waals surface area contributed by atoms with Crippen molar-refractivity contribution in [1.29, 1.82) is 0 Å². The Kier molecular flexibility index (Phi) is 6.90. The van der Waals surface area contributed by atoms with Crippen LogP contribution in [0.25, 0.3) is 5.65 Å². The molecule has 14 heteroatoms. The predicted octanol–water partition coefficient (Wildman–Crippen LogP) is 4.91. The summed E-state index contributed by atoms with van der Waals surface area (Å²) in [6, 6.07) is 4.24. The Hall–Kier alpha value is -3.32. The third kappa shape index (κ3) is 5.68. The number of pyridine rings is 1. The van der Waals surface area contributed by atoms with E-state index in [0.717, 1.165) is 12.4 Å². The van der Waals surface area contributed by atoms with Gasteiger partial charge in [-0.25, -0.2) is 22.5 Å². The fourth-order valence-electron chi connectivity index (χ4n) is 4.13. The van der Waals surface area contributed by atoms with Gasteiger partial charge in [0.15, 0.2) is 5.69 Å². The van der Waals surface area contributed by atoms with Crippen molar-refractivity contribution in [3.05, 3.63) is 47.5 Å². The number of amides is 1. The van der Waals surface area contributed by atoms with Crippen LogP contribution >= 0.6 is 0 Å². The minimum Gasteiger partial charge on any atom is -0.368 e. The summed E-state index contributed by atoms with van der Waals surface area (Å²) in [4.78, 5) is 16.1. The zero-order valence-corrected chi connectivity index (χ0v) is 18.1. The van der Waals surface area contributed by atoms with Crippen LogP contribution in [-0.4, -0.2) is 43.6 Å². The van der Waals surface area contributed by atoms with Crippen molar-refractivity contribution in [1.82, 2.24) is 24.5 Å². The van der Waals surface area contributed by atoms with Gasteiger partial charge in [-0.2, -0.15) is 18.3 Å². The fraction of sp³-hybridized carbons (Fsp3) is 0.476. The number of hydrogen-bond donors (Lipinski definition) is 2. The Balaban J connectivity index is 1.37. The molecule has 0 aromatic carbocycles. The summed E-state index contributed by atoms with van der Waals surface area (Å²) in [5, 5.41) is 9.25. The van der Waals surface area contributed by atoms with Gasteiger partial charge in [0.2, 0.25) is 0 Å². The molecule has 4 rings (SSSR count). The molecule has 0 aliphatic heterocycles. The molecule has 3 aromatic rings. The third-order valence-electron chi connectivity index (χ3n) is 5.76. The number of halogens is 7. The van der Waals surface area contributed by atoms with E-state index in [0.29, 0.717) is 36.2 Å². The van der Waals surface area contributed by atoms with Crippen molar-refractivity contribution in [2.75, 3.05) is 5.32 Å². The molecule has 35 heavy (non-hydrogen) atoms. The standard InChI is InChI=1S/C21H21F7N6O/c22-15(23)10-33-8-13(18(32-33)19(24)25)20(35)30-12-6-4-11(5-7-12)29-16-2-1-3-17-31-14(9-34(16)17)21(26,27)28/h1-3,8-9,11-12,15,19,29H,4-7,10H2,(H,30,35). The molecule has 0 radical (unpaired) electrons. The van der Waals surface area contributed by atoms with E-state index >= 15 is 0 Å². The first kappa shape index (κ1) is 24.8. The van der Waals surface area contributed by atoms with E-state index in [-0.39, 0.29) is 17.7 Å². The van der Waals surface area contributed by atoms with Crippen LogP contribution in [0.3, 0.4) is 0 Å². The van der Waals surface area contributed by atoms with Gasteiger partial charge < -0.3 is 10.6 Å². The topological polar surface area (TPSA) is 76.2 Å². The van der Waals surface area contributed by atoms with Gasteiger partial charge in [0.1, 0.15) is 23.7 Å². The molecule has 0 unspecified atom stereocenters. The van der Waals surface area contributed by atoms with E-state index in [4.69, 9.17) is 0 Å². The van der Waals surface area contributed by atoms with Crippen molar-refractivity contribution < 1.29 is 35.5 Å². The Morgan fingerprint density at radius 3 is 2.37 bits per heavy atom. The van der Waals surface area contributed by atoms with E-state index < -0.39 is 48.4 Å². The lowest BCUT2D eigenvalue weighted by Gasteiger charge is -2.30. The van der Waals surface area contributed by atoms with Crippen LogP contribution in [0.15, 0.2) is 30.6 Å². The molecule has 7 nitrogen and oxygen atoms in total. The number of carbonyl (C=O) groups excluding carboxylic acids is 1. The number of hydrogen-bond acceptors (Lipinski definition) is 4. The first-order chi connectivity index (χ1) is 16.5. The zero-order valence-electron chi connectivity index (χ0n) is 18.1. The van der Waals surface area contributed by atoms with E-state index in [1.54, 1.807) is 12.1 Å². The molecule has 1 amide bonds. The Labute approximate surface area is 194 Å². The maximum Gasteiger partial charge on any atom is 0.434 e. The van der Waals surface area contributed by atoms with Gasteiger partial charge in [0, 0.05) is 24.5 Å². The van der Waals surface area contributed by atoms with E-state index in [1.165, 1.54) is 10.5 Å². The third-order valence-corrected chi connectivity index (χ3v) is 5.76. The van der Waals surface area contributed by atoms with Gasteiger partial charge in [-0.1, -0.05) is 6.07 Å². The molecule has 1 aliphatic carbocycles. The van der Waals surface area contributed by atoms with E-state index in [1.807, 2.05) is 0 Å². The number of fused-ring (bicyclic) bond motifs is 1. The van der Waals surface area contributed by atoms with Gasteiger partial charge in [-0.15, -0.1) is 0 Å². The second-order valence-electron chi connectivity index (χ2n) is 8.27. The fourth-order valence-corrected chi connectivity index (χ4v) is 4.13. The lowest BCUT2D eigenvalue weighted by Crippen LogP contribution is -2.40. The van der Waals surface area contributed by atoms with Crippen LogP contribution in [0.5, 0.6) is 0 Å². The van der Waals surface area contributed by atoms with Crippen molar-refractivity contribution >= 4 is 17.4 Å². The van der Waals surface area contributed by atoms with Crippen LogP contribution in [0.2, 0.25) is 0 Å². The van der Waals surface area contributed by atoms with Gasteiger partial charge in [-0.3, -0.25) is 13.9 Å². The summed E-state index contributed by atoms with van der Waals surface area (Å²) in [5.74, 6) is -0.383. The molecule has 2 N–H and O–H groups in total. The SMILES string of the molecule is O=C(NC1CCC(Nc2cccc3nc(C(F)(F)F)cn23)CC1)c1cn(CC(F)F)nc1C(F)F. The maximum absolute atomic E-state index is 13.2. The molecule has 1 saturated carbocycles. The Bertz CT molecular complexity index is 1180. The molecule has 0 atom stereocenters. The number of alkyl halides is 7. The normalized spacial score (nSPS) is 19.0. The highest BCUT2D eigenvalue weighted by molar-refractivity contribution is 5.95. The zero-order chi connectivity index (χ0) is 25.3. The molecule has 190 valence electrons. The second kappa shape index (κ2) is 9.74. The van der Waals surface area contributed by atoms with Crippen LogP contribution in [0, 0.1) is 0 Å². The van der Waals surface area contributed by atoms with Crippen LogP contribution < -0.4 is 10.6 Å². The van der Waals surface area contributed by atoms with E-state index in [9.17, 15) is 35.5 Å². The molecule has 3 aromatic heterocycles. The Morgan fingerprint density at radius 1 is 1.06 bits per heavy atom. The summed E-state index contributed by atoms with van der Waals surface area (Å²) >= 11 is 0. The average Bonchev–Trinajstić information content (AvgIpc) is 3.40. The van der Waals surface area contributed by atoms with Crippen molar-refractivity contribution in [2.24, 2.45) is 0 Å². The number of imidazole rings is 1. The molecule has 1 fully saturated rings. The number of nitrogens with zero attached hydrogens (tertiary/aromatic N) is 4. The van der Waals surface area contributed by atoms with Crippen molar-refractivity contribution in [2.45, 2.75) is 63.3 Å². The second-order valence-corrected chi connectivity index (χ2v) is 8.27. The smallest absolute Gasteiger partial charge is 0.368 e. The number of carbonyl (C=O) groups is 1. The summed E-state index contributed by atoms with van der Waals surface area (Å²) in [7, 11) is 0. The number of nitrogens with one attached hydrogen (secondary N) is 2. The predicted molar refractivity (Wildman–Crippen MR) is 111 cm³/mol. The number of aromatic nitrogens is 4. The van der Waals surface area contributed by atoms with E-state index in [2.05, 4.69) is 20.7 Å². The lowest BCUT2D eigenvalue weighted by atomic mass is 9.91. The highest BCUT2D eigenvalue weighted by atomic mass is 19.4. The molecule has 3 heterocycles. The minimum absolute atomic E-state index is 0.101. The molecule has 0 bridgehead atoms. The molecule has 1 aliphatic rings. The van der Waals surface area contributed by atoms with Crippen LogP contribution in [-0.2, 0) is 12.7 Å². The van der Waals surface area contributed by atoms with Crippen molar-refractivity contribution in [3.63, 3.8) is 0 Å². The Morgan fingerprint density at radius 2 is 1.74 bits per heavy atom. The number of rotatable bonds is 7. The summed E-state index contributed by atoms with van der Waals surface area (Å²) in [6.45, 7) is -0.905. The summed E-state index contributed by atoms with van der Waals surface area (Å²) in [5.41, 5.74) is -2.16. The largest absolute Gasteiger partial charge is 0.434 e. The molecule has 0 saturated heterocycles. The van der Waals surface area contributed by atoms with Gasteiger partial charge in [0.05, 0.1) is 5.56 Å². The van der Waals surface area contributed by atoms with Gasteiger partial charge >= 0.3 is 6.18 Å². The van der Waals surface area contributed by atoms with Crippen molar-refractivity contribution in [3.8, 4) is 0 Å². The highest BCUT2D eigenvalue weighted by Crippen LogP contribution is 2.30. The van der Waals surface area contributed by atoms with Crippen LogP contribution in [0.4, 0.5) is 36.6 Å². The minimum atomic E-state index is -4.57. The summed E-state index contributed by atoms with van der Waals surface area (Å²) < 4.78 is 92.5. The summed E-state index contributed by atoms with van der Waals surface area (Å²) in [6.07, 6.45) is -6.62. The molecular formula is C21H21F7N6O. The quantitative estimate of drug-likeness (QED) is 0.447. The van der Waals surface area contributed by atoms with Gasteiger partial charge in [0.25, 0.3) is 18.8 Å². The van der Waals surface area contributed by atoms with Gasteiger partial charge in [-0.05, 0) is 37.8 Å². The average molecular weight is 506 g/mol.